The molecule has 0 amide bonds. The zero-order valence-electron chi connectivity index (χ0n) is 7.28. The van der Waals surface area contributed by atoms with E-state index in [0.29, 0.717) is 0 Å². The Hall–Kier alpha value is 2.52. The maximum atomic E-state index is 2.33. The summed E-state index contributed by atoms with van der Waals surface area (Å²) in [5.41, 5.74) is 0. The maximum absolute atomic E-state index is 2.33. The van der Waals surface area contributed by atoms with Gasteiger partial charge in [0.15, 0.2) is 0 Å². The predicted molar refractivity (Wildman–Crippen MR) is 38.9 cm³/mol. The Labute approximate surface area is 126 Å². The van der Waals surface area contributed by atoms with E-state index in [1.54, 1.807) is 0 Å². The van der Waals surface area contributed by atoms with E-state index < -0.39 is 0 Å². The molecule has 0 radical (unpaired) electrons. The van der Waals surface area contributed by atoms with Gasteiger partial charge < -0.3 is 0 Å². The van der Waals surface area contributed by atoms with Crippen LogP contribution in [0.2, 0.25) is 0 Å². The van der Waals surface area contributed by atoms with Gasteiger partial charge in [-0.15, -0.1) is 0 Å². The number of hydrogen-bond donors (Lipinski definition) is 0. The van der Waals surface area contributed by atoms with Crippen LogP contribution >= 0.6 is 0 Å². The second-order valence-electron chi connectivity index (χ2n) is 2.77. The fourth-order valence-electron chi connectivity index (χ4n) is 0.805. The van der Waals surface area contributed by atoms with Gasteiger partial charge in [-0.2, -0.15) is 0 Å². The van der Waals surface area contributed by atoms with E-state index in [-0.39, 0.29) is 75.5 Å². The molecule has 0 N–H and O–H groups in total. The van der Waals surface area contributed by atoms with Gasteiger partial charge in [0.1, 0.15) is 0 Å². The molecule has 2 heteroatoms. The van der Waals surface area contributed by atoms with E-state index in [1.165, 1.54) is 12.8 Å². The maximum Gasteiger partial charge on any atom is 0 e. The normalized spacial score (nSPS) is 14.4. The van der Waals surface area contributed by atoms with E-state index >= 15 is 0 Å². The minimum absolute atomic E-state index is 0. The van der Waals surface area contributed by atoms with Gasteiger partial charge in [-0.05, 0) is 11.8 Å². The molecule has 0 aromatic rings. The molecule has 0 fully saturated rings. The van der Waals surface area contributed by atoms with E-state index in [0.717, 1.165) is 11.8 Å². The Morgan fingerprint density at radius 2 is 1.00 bits per heavy atom. The third kappa shape index (κ3) is 8.61. The summed E-state index contributed by atoms with van der Waals surface area (Å²) in [6, 6.07) is 0. The zero-order valence-corrected chi connectivity index (χ0v) is 8.69. The average molecular weight is 194 g/mol. The van der Waals surface area contributed by atoms with Crippen LogP contribution in [0.1, 0.15) is 40.5 Å². The van der Waals surface area contributed by atoms with Crippen LogP contribution in [0.4, 0.5) is 0 Å². The van der Waals surface area contributed by atoms with Gasteiger partial charge in [-0.1, -0.05) is 40.5 Å². The molecule has 0 spiro atoms. The summed E-state index contributed by atoms with van der Waals surface area (Å²) in [5.74, 6) is 1.83. The Balaban J connectivity index is -0.000000245. The Morgan fingerprint density at radius 3 is 1.10 bits per heavy atom. The molecule has 0 heterocycles. The van der Waals surface area contributed by atoms with Gasteiger partial charge >= 0.3 is 0 Å². The van der Waals surface area contributed by atoms with Crippen LogP contribution in [0.5, 0.6) is 0 Å². The Morgan fingerprint density at radius 1 is 0.800 bits per heavy atom. The summed E-state index contributed by atoms with van der Waals surface area (Å²) < 4.78 is 0. The van der Waals surface area contributed by atoms with Gasteiger partial charge in [0.25, 0.3) is 0 Å². The predicted octanol–water partition coefficient (Wildman–Crippen LogP) is 3.08. The smallest absolute Gasteiger partial charge is 0 e. The van der Waals surface area contributed by atoms with Crippen molar-refractivity contribution in [1.82, 2.24) is 0 Å². The first-order valence-electron chi connectivity index (χ1n) is 3.72. The van der Waals surface area contributed by atoms with Crippen LogP contribution in [-0.4, -0.2) is 0 Å². The van der Waals surface area contributed by atoms with Gasteiger partial charge in [0.2, 0.25) is 0 Å². The summed E-state index contributed by atoms with van der Waals surface area (Å²) in [4.78, 5) is 0. The Kier molecular flexibility index (Phi) is 21.1. The fraction of sp³-hybridized carbons (Fsp3) is 1.00. The van der Waals surface area contributed by atoms with Crippen LogP contribution in [0.15, 0.2) is 0 Å². The van der Waals surface area contributed by atoms with Gasteiger partial charge in [0, 0.05) is 75.5 Å². The van der Waals surface area contributed by atoms with Crippen molar-refractivity contribution >= 4 is 0 Å². The summed E-state index contributed by atoms with van der Waals surface area (Å²) in [6.45, 7) is 9.18. The molecule has 0 nitrogen and oxygen atoms in total. The van der Waals surface area contributed by atoms with Crippen molar-refractivity contribution in [2.45, 2.75) is 40.5 Å². The van der Waals surface area contributed by atoms with E-state index in [1.807, 2.05) is 0 Å². The van der Waals surface area contributed by atoms with Crippen LogP contribution in [0, 0.1) is 87.3 Å². The SMILES string of the molecule is CCC(C)C(C)CC.[Ar].[Ar]. The molecule has 0 aliphatic heterocycles. The van der Waals surface area contributed by atoms with Crippen LogP contribution in [0.25, 0.3) is 0 Å². The van der Waals surface area contributed by atoms with Crippen LogP contribution in [0.3, 0.4) is 0 Å². The third-order valence-corrected chi connectivity index (χ3v) is 2.26. The molecule has 0 aliphatic carbocycles. The second kappa shape index (κ2) is 11.5. The first-order chi connectivity index (χ1) is 3.72. The third-order valence-electron chi connectivity index (χ3n) is 2.26. The van der Waals surface area contributed by atoms with Crippen LogP contribution in [-0.2, 0) is 0 Å². The molecule has 0 aliphatic rings. The van der Waals surface area contributed by atoms with Crippen molar-refractivity contribution in [2.75, 3.05) is 0 Å². The second-order valence-corrected chi connectivity index (χ2v) is 2.77. The molecular weight excluding hydrogens is 176 g/mol. The van der Waals surface area contributed by atoms with E-state index in [9.17, 15) is 0 Å². The van der Waals surface area contributed by atoms with Crippen molar-refractivity contribution in [1.29, 1.82) is 0 Å². The molecule has 2 unspecified atom stereocenters. The molecule has 66 valence electrons. The molecule has 0 aromatic heterocycles. The fourth-order valence-corrected chi connectivity index (χ4v) is 0.805. The molecular formula is C8H18Ar2. The number of hydrogen-bond acceptors (Lipinski definition) is 0. The van der Waals surface area contributed by atoms with Crippen molar-refractivity contribution in [3.05, 3.63) is 0 Å². The summed E-state index contributed by atoms with van der Waals surface area (Å²) in [7, 11) is 0. The molecule has 0 rings (SSSR count). The zero-order chi connectivity index (χ0) is 6.57. The molecule has 0 bridgehead atoms. The standard InChI is InChI=1S/C8H18.2Ar/c1-5-7(3)8(4)6-2;;/h7-8H,5-6H2,1-4H3;;. The van der Waals surface area contributed by atoms with Crippen molar-refractivity contribution in [2.24, 2.45) is 11.8 Å². The van der Waals surface area contributed by atoms with Crippen LogP contribution < -0.4 is 0 Å². The van der Waals surface area contributed by atoms with E-state index in [2.05, 4.69) is 27.7 Å². The Bertz CT molecular complexity index is 47.2. The van der Waals surface area contributed by atoms with Gasteiger partial charge in [-0.3, -0.25) is 0 Å². The average Bonchev–Trinajstić information content (AvgIpc) is 1.84. The monoisotopic (exact) mass is 194 g/mol. The largest absolute Gasteiger partial charge is 0.0651 e. The number of rotatable bonds is 3. The van der Waals surface area contributed by atoms with Crippen molar-refractivity contribution in [3.8, 4) is 0 Å². The minimum atomic E-state index is 0. The molecule has 2 atom stereocenters. The molecule has 0 aromatic carbocycles. The van der Waals surface area contributed by atoms with Crippen molar-refractivity contribution < 1.29 is 75.5 Å². The van der Waals surface area contributed by atoms with Gasteiger partial charge in [0.05, 0.1) is 0 Å². The quantitative estimate of drug-likeness (QED) is 0.647. The summed E-state index contributed by atoms with van der Waals surface area (Å²) >= 11 is 0. The summed E-state index contributed by atoms with van der Waals surface area (Å²) in [6.07, 6.45) is 2.66. The van der Waals surface area contributed by atoms with Crippen molar-refractivity contribution in [3.63, 3.8) is 0 Å². The minimum Gasteiger partial charge on any atom is -0.0651 e. The first kappa shape index (κ1) is 18.3. The molecule has 0 saturated heterocycles. The summed E-state index contributed by atoms with van der Waals surface area (Å²) in [5, 5.41) is 0. The van der Waals surface area contributed by atoms with Gasteiger partial charge in [-0.25, -0.2) is 0 Å². The first-order valence-corrected chi connectivity index (χ1v) is 3.72. The van der Waals surface area contributed by atoms with E-state index in [4.69, 9.17) is 0 Å². The molecule has 0 saturated carbocycles. The molecule has 10 heavy (non-hydrogen) atoms. The topological polar surface area (TPSA) is 0 Å².